The number of hydrogen-bond donors (Lipinski definition) is 1. The molecular formula is C17H19IN2O3S2. The number of fused-ring (bicyclic) bond motifs is 1. The Morgan fingerprint density at radius 3 is 2.56 bits per heavy atom. The van der Waals surface area contributed by atoms with Crippen LogP contribution in [-0.4, -0.2) is 38.5 Å². The second kappa shape index (κ2) is 10.0. The topological polar surface area (TPSA) is 61.5 Å². The molecule has 1 aromatic carbocycles. The summed E-state index contributed by atoms with van der Waals surface area (Å²) in [5.41, 5.74) is 2.64. The standard InChI is InChI=1S/C12H14N.C5H5NO3S2.HI/c1-3-13-10(2)8-9-11-6-4-5-7-12(11)13;7-3-2-11-5(10)6(3)1-4(8)9;/h4-9H,3H2,1-2H3;1-2H2,(H,8,9);1H/q+1;;/p-1. The van der Waals surface area contributed by atoms with Crippen LogP contribution in [0.2, 0.25) is 0 Å². The molecule has 0 unspecified atom stereocenters. The lowest BCUT2D eigenvalue weighted by Crippen LogP contribution is -3.00. The molecule has 25 heavy (non-hydrogen) atoms. The van der Waals surface area contributed by atoms with Gasteiger partial charge in [-0.2, -0.15) is 4.57 Å². The van der Waals surface area contributed by atoms with Crippen LogP contribution in [0.1, 0.15) is 12.6 Å². The van der Waals surface area contributed by atoms with Crippen LogP contribution in [0.3, 0.4) is 0 Å². The van der Waals surface area contributed by atoms with E-state index >= 15 is 0 Å². The number of hydrogen-bond acceptors (Lipinski definition) is 4. The molecule has 134 valence electrons. The van der Waals surface area contributed by atoms with Crippen LogP contribution in [0, 0.1) is 6.92 Å². The summed E-state index contributed by atoms with van der Waals surface area (Å²) in [5, 5.41) is 9.66. The summed E-state index contributed by atoms with van der Waals surface area (Å²) in [6.45, 7) is 5.05. The van der Waals surface area contributed by atoms with Gasteiger partial charge in [-0.25, -0.2) is 0 Å². The fraction of sp³-hybridized carbons (Fsp3) is 0.294. The molecule has 2 aromatic rings. The van der Waals surface area contributed by atoms with Crippen molar-refractivity contribution < 1.29 is 43.2 Å². The van der Waals surface area contributed by atoms with Crippen LogP contribution >= 0.6 is 24.0 Å². The Balaban J connectivity index is 0.000000244. The molecule has 1 fully saturated rings. The number of carboxylic acids is 1. The Morgan fingerprint density at radius 1 is 1.32 bits per heavy atom. The van der Waals surface area contributed by atoms with Gasteiger partial charge in [0.1, 0.15) is 17.4 Å². The minimum absolute atomic E-state index is 0. The molecular weight excluding hydrogens is 471 g/mol. The first-order valence-electron chi connectivity index (χ1n) is 7.51. The van der Waals surface area contributed by atoms with E-state index in [9.17, 15) is 9.59 Å². The largest absolute Gasteiger partial charge is 1.00 e. The minimum atomic E-state index is -1.04. The number of aromatic nitrogens is 1. The molecule has 0 atom stereocenters. The summed E-state index contributed by atoms with van der Waals surface area (Å²) < 4.78 is 2.69. The summed E-state index contributed by atoms with van der Waals surface area (Å²) in [7, 11) is 0. The molecule has 0 aliphatic carbocycles. The van der Waals surface area contributed by atoms with Gasteiger partial charge in [0.05, 0.1) is 5.75 Å². The maximum Gasteiger partial charge on any atom is 0.323 e. The van der Waals surface area contributed by atoms with Gasteiger partial charge in [-0.3, -0.25) is 14.5 Å². The van der Waals surface area contributed by atoms with Crippen molar-refractivity contribution in [2.45, 2.75) is 20.4 Å². The molecule has 5 nitrogen and oxygen atoms in total. The van der Waals surface area contributed by atoms with Gasteiger partial charge in [-0.1, -0.05) is 36.1 Å². The predicted octanol–water partition coefficient (Wildman–Crippen LogP) is -0.609. The molecule has 1 amide bonds. The number of aryl methyl sites for hydroxylation is 2. The van der Waals surface area contributed by atoms with Gasteiger partial charge < -0.3 is 29.1 Å². The maximum absolute atomic E-state index is 10.9. The quantitative estimate of drug-likeness (QED) is 0.354. The number of benzene rings is 1. The molecule has 0 spiro atoms. The van der Waals surface area contributed by atoms with Crippen molar-refractivity contribution in [3.05, 3.63) is 42.1 Å². The third-order valence-corrected chi connectivity index (χ3v) is 5.04. The number of para-hydroxylation sites is 1. The van der Waals surface area contributed by atoms with Crippen molar-refractivity contribution in [1.82, 2.24) is 4.90 Å². The molecule has 2 heterocycles. The van der Waals surface area contributed by atoms with E-state index in [0.29, 0.717) is 4.32 Å². The Morgan fingerprint density at radius 2 is 2.00 bits per heavy atom. The van der Waals surface area contributed by atoms with Crippen LogP contribution in [-0.2, 0) is 16.1 Å². The van der Waals surface area contributed by atoms with Crippen molar-refractivity contribution in [2.24, 2.45) is 0 Å². The lowest BCUT2D eigenvalue weighted by Gasteiger charge is -2.10. The second-order valence-electron chi connectivity index (χ2n) is 5.21. The van der Waals surface area contributed by atoms with E-state index in [0.717, 1.165) is 11.4 Å². The van der Waals surface area contributed by atoms with Gasteiger partial charge in [0, 0.05) is 24.4 Å². The number of pyridine rings is 1. The van der Waals surface area contributed by atoms with Crippen LogP contribution in [0.25, 0.3) is 10.9 Å². The molecule has 1 aliphatic rings. The highest BCUT2D eigenvalue weighted by molar-refractivity contribution is 8.23. The molecule has 0 saturated carbocycles. The van der Waals surface area contributed by atoms with E-state index in [1.165, 1.54) is 28.4 Å². The molecule has 1 aromatic heterocycles. The van der Waals surface area contributed by atoms with Crippen molar-refractivity contribution >= 4 is 51.1 Å². The molecule has 8 heteroatoms. The van der Waals surface area contributed by atoms with Gasteiger partial charge in [-0.15, -0.1) is 0 Å². The van der Waals surface area contributed by atoms with Crippen LogP contribution < -0.4 is 28.5 Å². The van der Waals surface area contributed by atoms with Crippen molar-refractivity contribution in [2.75, 3.05) is 12.3 Å². The zero-order valence-corrected chi connectivity index (χ0v) is 17.7. The third kappa shape index (κ3) is 5.61. The van der Waals surface area contributed by atoms with E-state index < -0.39 is 5.97 Å². The number of carboxylic acid groups (broad SMARTS) is 1. The van der Waals surface area contributed by atoms with Gasteiger partial charge in [0.15, 0.2) is 5.69 Å². The van der Waals surface area contributed by atoms with Gasteiger partial charge in [0.25, 0.3) is 0 Å². The normalized spacial score (nSPS) is 13.3. The highest BCUT2D eigenvalue weighted by Gasteiger charge is 2.27. The highest BCUT2D eigenvalue weighted by Crippen LogP contribution is 2.18. The van der Waals surface area contributed by atoms with Crippen molar-refractivity contribution in [3.8, 4) is 0 Å². The number of carbonyl (C=O) groups is 2. The molecule has 3 rings (SSSR count). The number of thiocarbonyl (C=S) groups is 1. The van der Waals surface area contributed by atoms with E-state index in [4.69, 9.17) is 17.3 Å². The van der Waals surface area contributed by atoms with Gasteiger partial charge in [0.2, 0.25) is 11.4 Å². The number of rotatable bonds is 3. The summed E-state index contributed by atoms with van der Waals surface area (Å²) >= 11 is 5.94. The molecule has 0 radical (unpaired) electrons. The monoisotopic (exact) mass is 490 g/mol. The number of amides is 1. The molecule has 1 aliphatic heterocycles. The highest BCUT2D eigenvalue weighted by atomic mass is 127. The van der Waals surface area contributed by atoms with Crippen molar-refractivity contribution in [1.29, 1.82) is 0 Å². The minimum Gasteiger partial charge on any atom is -1.00 e. The number of aliphatic carboxylic acids is 1. The van der Waals surface area contributed by atoms with Crippen LogP contribution in [0.5, 0.6) is 0 Å². The van der Waals surface area contributed by atoms with E-state index in [2.05, 4.69) is 54.8 Å². The van der Waals surface area contributed by atoms with E-state index in [-0.39, 0.29) is 42.2 Å². The number of thioether (sulfide) groups is 1. The zero-order valence-electron chi connectivity index (χ0n) is 13.9. The Hall–Kier alpha value is -1.26. The Labute approximate surface area is 173 Å². The summed E-state index contributed by atoms with van der Waals surface area (Å²) in [6, 6.07) is 12.8. The van der Waals surface area contributed by atoms with E-state index in [1.807, 2.05) is 0 Å². The molecule has 1 saturated heterocycles. The summed E-state index contributed by atoms with van der Waals surface area (Å²) in [4.78, 5) is 22.2. The maximum atomic E-state index is 10.9. The van der Waals surface area contributed by atoms with Gasteiger partial charge >= 0.3 is 5.97 Å². The van der Waals surface area contributed by atoms with Crippen molar-refractivity contribution in [3.63, 3.8) is 0 Å². The first-order valence-corrected chi connectivity index (χ1v) is 8.90. The predicted molar refractivity (Wildman–Crippen MR) is 99.0 cm³/mol. The third-order valence-electron chi connectivity index (χ3n) is 3.61. The first-order chi connectivity index (χ1) is 11.4. The van der Waals surface area contributed by atoms with Gasteiger partial charge in [-0.05, 0) is 19.1 Å². The first kappa shape index (κ1) is 21.8. The smallest absolute Gasteiger partial charge is 0.323 e. The van der Waals surface area contributed by atoms with E-state index in [1.54, 1.807) is 0 Å². The molecule has 1 N–H and O–H groups in total. The second-order valence-corrected chi connectivity index (χ2v) is 6.82. The number of carbonyl (C=O) groups excluding carboxylic acids is 1. The Kier molecular flexibility index (Phi) is 8.74. The van der Waals surface area contributed by atoms with Crippen LogP contribution in [0.15, 0.2) is 36.4 Å². The average Bonchev–Trinajstić information content (AvgIpc) is 2.87. The number of halogens is 1. The number of nitrogens with zero attached hydrogens (tertiary/aromatic N) is 2. The lowest BCUT2D eigenvalue weighted by atomic mass is 10.2. The Bertz CT molecular complexity index is 783. The SMILES string of the molecule is CC[n+]1c(C)ccc2ccccc21.O=C(O)CN1C(=O)CSC1=S.[I-]. The van der Waals surface area contributed by atoms with Crippen LogP contribution in [0.4, 0.5) is 0 Å². The molecule has 0 bridgehead atoms. The summed E-state index contributed by atoms with van der Waals surface area (Å²) in [6.07, 6.45) is 0. The fourth-order valence-electron chi connectivity index (χ4n) is 2.45. The zero-order chi connectivity index (χ0) is 17.7. The average molecular weight is 490 g/mol. The summed E-state index contributed by atoms with van der Waals surface area (Å²) in [5.74, 6) is -0.989. The fourth-order valence-corrected chi connectivity index (χ4v) is 3.52. The lowest BCUT2D eigenvalue weighted by molar-refractivity contribution is -0.673.